The number of benzene rings is 2. The van der Waals surface area contributed by atoms with Gasteiger partial charge >= 0.3 is 6.18 Å². The Labute approximate surface area is 145 Å². The molecule has 1 heterocycles. The monoisotopic (exact) mass is 400 g/mol. The standard InChI is InChI=1S/C17H16BrF3N2O/c1-16(2)9-13(24)22-23(16)15(17(19,20)21)11-7-3-5-10-6-4-8-12(18)14(10)11/h3-8,15H,9H2,1-2H3,(H,22,24). The molecule has 0 bridgehead atoms. The predicted octanol–water partition coefficient (Wildman–Crippen LogP) is 4.72. The second kappa shape index (κ2) is 5.74. The van der Waals surface area contributed by atoms with E-state index in [4.69, 9.17) is 0 Å². The Bertz CT molecular complexity index is 799. The van der Waals surface area contributed by atoms with Crippen molar-refractivity contribution in [3.05, 3.63) is 46.4 Å². The minimum atomic E-state index is -4.54. The van der Waals surface area contributed by atoms with Crippen molar-refractivity contribution in [1.82, 2.24) is 10.4 Å². The zero-order valence-electron chi connectivity index (χ0n) is 13.1. The number of nitrogens with one attached hydrogen (secondary N) is 1. The van der Waals surface area contributed by atoms with Gasteiger partial charge in [-0.15, -0.1) is 0 Å². The minimum absolute atomic E-state index is 0.0194. The van der Waals surface area contributed by atoms with Crippen LogP contribution in [0.4, 0.5) is 13.2 Å². The van der Waals surface area contributed by atoms with Crippen LogP contribution in [0.1, 0.15) is 31.9 Å². The van der Waals surface area contributed by atoms with Gasteiger partial charge in [-0.2, -0.15) is 18.2 Å². The summed E-state index contributed by atoms with van der Waals surface area (Å²) in [5.41, 5.74) is 1.56. The molecular formula is C17H16BrF3N2O. The zero-order valence-corrected chi connectivity index (χ0v) is 14.7. The summed E-state index contributed by atoms with van der Waals surface area (Å²) in [4.78, 5) is 11.7. The third-order valence-electron chi connectivity index (χ3n) is 4.24. The van der Waals surface area contributed by atoms with E-state index < -0.39 is 23.7 Å². The van der Waals surface area contributed by atoms with Crippen LogP contribution in [0.2, 0.25) is 0 Å². The molecule has 2 aromatic carbocycles. The van der Waals surface area contributed by atoms with Gasteiger partial charge in [-0.3, -0.25) is 10.2 Å². The number of rotatable bonds is 2. The van der Waals surface area contributed by atoms with Crippen LogP contribution >= 0.6 is 15.9 Å². The van der Waals surface area contributed by atoms with Crippen LogP contribution < -0.4 is 5.43 Å². The quantitative estimate of drug-likeness (QED) is 0.790. The lowest BCUT2D eigenvalue weighted by molar-refractivity contribution is -0.203. The van der Waals surface area contributed by atoms with E-state index in [1.807, 2.05) is 0 Å². The third-order valence-corrected chi connectivity index (χ3v) is 4.90. The lowest BCUT2D eigenvalue weighted by Crippen LogP contribution is -2.51. The highest BCUT2D eigenvalue weighted by Crippen LogP contribution is 2.45. The number of amides is 1. The van der Waals surface area contributed by atoms with Gasteiger partial charge < -0.3 is 0 Å². The molecule has 0 radical (unpaired) electrons. The number of carbonyl (C=O) groups excluding carboxylic acids is 1. The van der Waals surface area contributed by atoms with Gasteiger partial charge in [0.1, 0.15) is 0 Å². The average Bonchev–Trinajstić information content (AvgIpc) is 2.70. The van der Waals surface area contributed by atoms with Gasteiger partial charge in [0.25, 0.3) is 0 Å². The maximum Gasteiger partial charge on any atom is 0.409 e. The smallest absolute Gasteiger partial charge is 0.287 e. The number of halogens is 4. The first-order valence-corrected chi connectivity index (χ1v) is 8.23. The van der Waals surface area contributed by atoms with E-state index in [-0.39, 0.29) is 12.0 Å². The molecule has 7 heteroatoms. The first-order chi connectivity index (χ1) is 11.1. The van der Waals surface area contributed by atoms with Gasteiger partial charge in [0, 0.05) is 21.8 Å². The van der Waals surface area contributed by atoms with E-state index in [0.717, 1.165) is 5.01 Å². The number of hydrazine groups is 1. The maximum absolute atomic E-state index is 14.0. The number of hydrogen-bond donors (Lipinski definition) is 1. The van der Waals surface area contributed by atoms with Crippen molar-refractivity contribution >= 4 is 32.6 Å². The molecule has 1 aliphatic rings. The highest BCUT2D eigenvalue weighted by molar-refractivity contribution is 9.10. The van der Waals surface area contributed by atoms with Crippen LogP contribution in [-0.2, 0) is 4.79 Å². The molecule has 0 aromatic heterocycles. The predicted molar refractivity (Wildman–Crippen MR) is 89.1 cm³/mol. The molecule has 24 heavy (non-hydrogen) atoms. The van der Waals surface area contributed by atoms with Crippen LogP contribution in [0.5, 0.6) is 0 Å². The molecule has 0 aliphatic carbocycles. The molecule has 1 fully saturated rings. The van der Waals surface area contributed by atoms with E-state index in [1.165, 1.54) is 6.07 Å². The molecule has 0 spiro atoms. The number of hydrogen-bond acceptors (Lipinski definition) is 2. The Morgan fingerprint density at radius 2 is 1.83 bits per heavy atom. The summed E-state index contributed by atoms with van der Waals surface area (Å²) in [5, 5.41) is 2.24. The molecule has 1 amide bonds. The fourth-order valence-corrected chi connectivity index (χ4v) is 3.84. The highest BCUT2D eigenvalue weighted by Gasteiger charge is 2.53. The lowest BCUT2D eigenvalue weighted by atomic mass is 9.94. The Balaban J connectivity index is 2.24. The molecular weight excluding hydrogens is 385 g/mol. The molecule has 128 valence electrons. The molecule has 1 aliphatic heterocycles. The van der Waals surface area contributed by atoms with Crippen LogP contribution in [0.3, 0.4) is 0 Å². The van der Waals surface area contributed by atoms with Gasteiger partial charge in [0.05, 0.1) is 0 Å². The molecule has 3 rings (SSSR count). The van der Waals surface area contributed by atoms with Crippen molar-refractivity contribution in [2.24, 2.45) is 0 Å². The summed E-state index contributed by atoms with van der Waals surface area (Å²) in [6.07, 6.45) is -4.52. The molecule has 3 nitrogen and oxygen atoms in total. The molecule has 1 atom stereocenters. The second-order valence-corrected chi connectivity index (χ2v) is 7.38. The summed E-state index contributed by atoms with van der Waals surface area (Å²) in [6.45, 7) is 3.26. The number of carbonyl (C=O) groups is 1. The Kier molecular flexibility index (Phi) is 4.12. The summed E-state index contributed by atoms with van der Waals surface area (Å²) >= 11 is 3.36. The Morgan fingerprint density at radius 3 is 2.38 bits per heavy atom. The van der Waals surface area contributed by atoms with Crippen molar-refractivity contribution < 1.29 is 18.0 Å². The van der Waals surface area contributed by atoms with Gasteiger partial charge in [0.2, 0.25) is 5.91 Å². The average molecular weight is 401 g/mol. The van der Waals surface area contributed by atoms with Crippen molar-refractivity contribution in [2.75, 3.05) is 0 Å². The molecule has 1 unspecified atom stereocenters. The molecule has 0 saturated carbocycles. The summed E-state index contributed by atoms with van der Waals surface area (Å²) in [6, 6.07) is 8.17. The normalized spacial score (nSPS) is 19.5. The van der Waals surface area contributed by atoms with Crippen molar-refractivity contribution in [3.8, 4) is 0 Å². The molecule has 1 saturated heterocycles. The minimum Gasteiger partial charge on any atom is -0.287 e. The van der Waals surface area contributed by atoms with Crippen molar-refractivity contribution in [1.29, 1.82) is 0 Å². The van der Waals surface area contributed by atoms with E-state index in [1.54, 1.807) is 44.2 Å². The maximum atomic E-state index is 14.0. The van der Waals surface area contributed by atoms with E-state index in [9.17, 15) is 18.0 Å². The van der Waals surface area contributed by atoms with Crippen molar-refractivity contribution in [2.45, 2.75) is 38.0 Å². The van der Waals surface area contributed by atoms with E-state index >= 15 is 0 Å². The second-order valence-electron chi connectivity index (χ2n) is 6.52. The van der Waals surface area contributed by atoms with Crippen molar-refractivity contribution in [3.63, 3.8) is 0 Å². The fourth-order valence-electron chi connectivity index (χ4n) is 3.23. The van der Waals surface area contributed by atoms with Crippen LogP contribution in [0, 0.1) is 0 Å². The summed E-state index contributed by atoms with van der Waals surface area (Å²) in [5.74, 6) is -0.409. The topological polar surface area (TPSA) is 32.3 Å². The van der Waals surface area contributed by atoms with Gasteiger partial charge in [0.15, 0.2) is 6.04 Å². The van der Waals surface area contributed by atoms with Crippen LogP contribution in [0.25, 0.3) is 10.8 Å². The van der Waals surface area contributed by atoms with E-state index in [0.29, 0.717) is 15.2 Å². The van der Waals surface area contributed by atoms with E-state index in [2.05, 4.69) is 21.4 Å². The number of fused-ring (bicyclic) bond motifs is 1. The molecule has 2 aromatic rings. The fraction of sp³-hybridized carbons (Fsp3) is 0.353. The zero-order chi connectivity index (χ0) is 17.7. The number of nitrogens with zero attached hydrogens (tertiary/aromatic N) is 1. The SMILES string of the molecule is CC1(C)CC(=O)NN1C(c1cccc2cccc(Br)c12)C(F)(F)F. The molecule has 1 N–H and O–H groups in total. The third kappa shape index (κ3) is 2.91. The van der Waals surface area contributed by atoms with Crippen LogP contribution in [-0.4, -0.2) is 22.6 Å². The Morgan fingerprint density at radius 1 is 1.21 bits per heavy atom. The highest BCUT2D eigenvalue weighted by atomic mass is 79.9. The van der Waals surface area contributed by atoms with Gasteiger partial charge in [-0.05, 0) is 30.9 Å². The number of alkyl halides is 3. The first kappa shape index (κ1) is 17.2. The lowest BCUT2D eigenvalue weighted by Gasteiger charge is -2.38. The first-order valence-electron chi connectivity index (χ1n) is 7.44. The summed E-state index contributed by atoms with van der Waals surface area (Å²) in [7, 11) is 0. The Hall–Kier alpha value is -1.60. The largest absolute Gasteiger partial charge is 0.409 e. The van der Waals surface area contributed by atoms with Gasteiger partial charge in [-0.1, -0.05) is 46.3 Å². The van der Waals surface area contributed by atoms with Gasteiger partial charge in [-0.25, -0.2) is 0 Å². The van der Waals surface area contributed by atoms with Crippen LogP contribution in [0.15, 0.2) is 40.9 Å². The summed E-state index contributed by atoms with van der Waals surface area (Å²) < 4.78 is 42.5.